The third-order valence-corrected chi connectivity index (χ3v) is 3.51. The molecule has 0 bridgehead atoms. The molecule has 19 heavy (non-hydrogen) atoms. The van der Waals surface area contributed by atoms with Crippen molar-refractivity contribution in [2.24, 2.45) is 0 Å². The minimum atomic E-state index is -0.0754. The first-order valence-electron chi connectivity index (χ1n) is 6.12. The second-order valence-corrected chi connectivity index (χ2v) is 5.65. The molecule has 0 spiro atoms. The summed E-state index contributed by atoms with van der Waals surface area (Å²) < 4.78 is 1.02. The average Bonchev–Trinajstić information content (AvgIpc) is 2.34. The van der Waals surface area contributed by atoms with E-state index in [1.807, 2.05) is 57.2 Å². The molecule has 0 fully saturated rings. The molecule has 2 aromatic rings. The van der Waals surface area contributed by atoms with Gasteiger partial charge in [-0.3, -0.25) is 4.79 Å². The summed E-state index contributed by atoms with van der Waals surface area (Å²) >= 11 is 3.45. The van der Waals surface area contributed by atoms with Gasteiger partial charge in [0, 0.05) is 15.7 Å². The second kappa shape index (κ2) is 5.57. The molecule has 0 atom stereocenters. The highest BCUT2D eigenvalue weighted by atomic mass is 79.9. The topological polar surface area (TPSA) is 29.1 Å². The van der Waals surface area contributed by atoms with E-state index in [1.165, 1.54) is 0 Å². The lowest BCUT2D eigenvalue weighted by Crippen LogP contribution is -2.13. The van der Waals surface area contributed by atoms with E-state index in [0.29, 0.717) is 5.56 Å². The smallest absolute Gasteiger partial charge is 0.255 e. The van der Waals surface area contributed by atoms with Gasteiger partial charge in [0.2, 0.25) is 0 Å². The van der Waals surface area contributed by atoms with Crippen molar-refractivity contribution in [1.29, 1.82) is 0 Å². The van der Waals surface area contributed by atoms with Crippen LogP contribution in [0.4, 0.5) is 5.69 Å². The van der Waals surface area contributed by atoms with Crippen molar-refractivity contribution in [1.82, 2.24) is 0 Å². The number of amides is 1. The fourth-order valence-corrected chi connectivity index (χ4v) is 2.69. The molecule has 1 N–H and O–H groups in total. The molecule has 0 aliphatic rings. The molecule has 98 valence electrons. The summed E-state index contributed by atoms with van der Waals surface area (Å²) in [5.41, 5.74) is 4.80. The first kappa shape index (κ1) is 13.8. The number of aryl methyl sites for hydroxylation is 3. The molecule has 2 nitrogen and oxygen atoms in total. The standard InChI is InChI=1S/C16H16BrNO/c1-10-4-6-13(7-5-10)16(19)18-15-11(2)8-14(17)9-12(15)3/h4-9H,1-3H3,(H,18,19). The van der Waals surface area contributed by atoms with Crippen LogP contribution in [0.3, 0.4) is 0 Å². The Balaban J connectivity index is 2.26. The molecule has 2 rings (SSSR count). The number of anilines is 1. The van der Waals surface area contributed by atoms with Crippen molar-refractivity contribution in [2.45, 2.75) is 20.8 Å². The van der Waals surface area contributed by atoms with E-state index in [2.05, 4.69) is 21.2 Å². The summed E-state index contributed by atoms with van der Waals surface area (Å²) in [6, 6.07) is 11.6. The second-order valence-electron chi connectivity index (χ2n) is 4.73. The lowest BCUT2D eigenvalue weighted by Gasteiger charge is -2.12. The predicted octanol–water partition coefficient (Wildman–Crippen LogP) is 4.63. The summed E-state index contributed by atoms with van der Waals surface area (Å²) in [5, 5.41) is 2.98. The van der Waals surface area contributed by atoms with Gasteiger partial charge < -0.3 is 5.32 Å². The van der Waals surface area contributed by atoms with Crippen molar-refractivity contribution < 1.29 is 4.79 Å². The average molecular weight is 318 g/mol. The Bertz CT molecular complexity index is 594. The van der Waals surface area contributed by atoms with Gasteiger partial charge in [-0.05, 0) is 56.2 Å². The van der Waals surface area contributed by atoms with Crippen LogP contribution in [0.1, 0.15) is 27.0 Å². The zero-order valence-electron chi connectivity index (χ0n) is 11.3. The molecule has 2 aromatic carbocycles. The molecule has 0 unspecified atom stereocenters. The fourth-order valence-electron chi connectivity index (χ4n) is 2.00. The maximum Gasteiger partial charge on any atom is 0.255 e. The lowest BCUT2D eigenvalue weighted by atomic mass is 10.1. The van der Waals surface area contributed by atoms with Gasteiger partial charge in [0.1, 0.15) is 0 Å². The van der Waals surface area contributed by atoms with Crippen molar-refractivity contribution in [3.05, 3.63) is 63.1 Å². The van der Waals surface area contributed by atoms with Crippen molar-refractivity contribution in [2.75, 3.05) is 5.32 Å². The van der Waals surface area contributed by atoms with E-state index in [4.69, 9.17) is 0 Å². The highest BCUT2D eigenvalue weighted by molar-refractivity contribution is 9.10. The zero-order valence-corrected chi connectivity index (χ0v) is 12.8. The van der Waals surface area contributed by atoms with Gasteiger partial charge in [0.05, 0.1) is 0 Å². The number of halogens is 1. The number of hydrogen-bond donors (Lipinski definition) is 1. The minimum Gasteiger partial charge on any atom is -0.322 e. The van der Waals surface area contributed by atoms with Crippen molar-refractivity contribution >= 4 is 27.5 Å². The van der Waals surface area contributed by atoms with Crippen LogP contribution in [0.2, 0.25) is 0 Å². The van der Waals surface area contributed by atoms with Crippen LogP contribution >= 0.6 is 15.9 Å². The van der Waals surface area contributed by atoms with E-state index in [-0.39, 0.29) is 5.91 Å². The first-order chi connectivity index (χ1) is 8.97. The monoisotopic (exact) mass is 317 g/mol. The van der Waals surface area contributed by atoms with Crippen LogP contribution in [0.25, 0.3) is 0 Å². The van der Waals surface area contributed by atoms with Gasteiger partial charge in [-0.1, -0.05) is 33.6 Å². The van der Waals surface area contributed by atoms with Crippen LogP contribution in [0.15, 0.2) is 40.9 Å². The van der Waals surface area contributed by atoms with Gasteiger partial charge >= 0.3 is 0 Å². The van der Waals surface area contributed by atoms with Gasteiger partial charge in [0.25, 0.3) is 5.91 Å². The van der Waals surface area contributed by atoms with E-state index < -0.39 is 0 Å². The minimum absolute atomic E-state index is 0.0754. The van der Waals surface area contributed by atoms with Crippen LogP contribution < -0.4 is 5.32 Å². The molecule has 0 aliphatic heterocycles. The third-order valence-electron chi connectivity index (χ3n) is 3.05. The van der Waals surface area contributed by atoms with E-state index in [0.717, 1.165) is 26.9 Å². The van der Waals surface area contributed by atoms with Crippen LogP contribution in [0.5, 0.6) is 0 Å². The molecule has 0 radical (unpaired) electrons. The van der Waals surface area contributed by atoms with E-state index >= 15 is 0 Å². The Morgan fingerprint density at radius 3 is 2.05 bits per heavy atom. The number of benzene rings is 2. The van der Waals surface area contributed by atoms with Crippen molar-refractivity contribution in [3.8, 4) is 0 Å². The van der Waals surface area contributed by atoms with Crippen LogP contribution in [-0.2, 0) is 0 Å². The SMILES string of the molecule is Cc1ccc(C(=O)Nc2c(C)cc(Br)cc2C)cc1. The van der Waals surface area contributed by atoms with Gasteiger partial charge in [-0.2, -0.15) is 0 Å². The fraction of sp³-hybridized carbons (Fsp3) is 0.188. The highest BCUT2D eigenvalue weighted by Crippen LogP contribution is 2.25. The molecule has 0 saturated carbocycles. The molecule has 0 aliphatic carbocycles. The number of carbonyl (C=O) groups excluding carboxylic acids is 1. The number of hydrogen-bond acceptors (Lipinski definition) is 1. The molecular formula is C16H16BrNO. The largest absolute Gasteiger partial charge is 0.322 e. The number of nitrogens with one attached hydrogen (secondary N) is 1. The highest BCUT2D eigenvalue weighted by Gasteiger charge is 2.10. The summed E-state index contributed by atoms with van der Waals surface area (Å²) in [7, 11) is 0. The molecule has 3 heteroatoms. The summed E-state index contributed by atoms with van der Waals surface area (Å²) in [6.45, 7) is 5.98. The van der Waals surface area contributed by atoms with E-state index in [9.17, 15) is 4.79 Å². The van der Waals surface area contributed by atoms with Gasteiger partial charge in [-0.15, -0.1) is 0 Å². The van der Waals surface area contributed by atoms with E-state index in [1.54, 1.807) is 0 Å². The van der Waals surface area contributed by atoms with Crippen molar-refractivity contribution in [3.63, 3.8) is 0 Å². The van der Waals surface area contributed by atoms with Crippen LogP contribution in [-0.4, -0.2) is 5.91 Å². The molecule has 1 amide bonds. The maximum absolute atomic E-state index is 12.2. The Labute approximate surface area is 122 Å². The quantitative estimate of drug-likeness (QED) is 0.859. The normalized spacial score (nSPS) is 10.3. The Kier molecular flexibility index (Phi) is 4.05. The Morgan fingerprint density at radius 1 is 1.00 bits per heavy atom. The zero-order chi connectivity index (χ0) is 14.0. The summed E-state index contributed by atoms with van der Waals surface area (Å²) in [6.07, 6.45) is 0. The summed E-state index contributed by atoms with van der Waals surface area (Å²) in [4.78, 5) is 12.2. The predicted molar refractivity (Wildman–Crippen MR) is 82.7 cm³/mol. The summed E-state index contributed by atoms with van der Waals surface area (Å²) in [5.74, 6) is -0.0754. The van der Waals surface area contributed by atoms with Crippen LogP contribution in [0, 0.1) is 20.8 Å². The lowest BCUT2D eigenvalue weighted by molar-refractivity contribution is 0.102. The molecular weight excluding hydrogens is 302 g/mol. The molecule has 0 aromatic heterocycles. The molecule has 0 saturated heterocycles. The molecule has 0 heterocycles. The number of carbonyl (C=O) groups is 1. The Morgan fingerprint density at radius 2 is 1.53 bits per heavy atom. The maximum atomic E-state index is 12.2. The first-order valence-corrected chi connectivity index (χ1v) is 6.91. The Hall–Kier alpha value is -1.61. The van der Waals surface area contributed by atoms with Gasteiger partial charge in [-0.25, -0.2) is 0 Å². The number of rotatable bonds is 2. The third kappa shape index (κ3) is 3.24. The van der Waals surface area contributed by atoms with Gasteiger partial charge in [0.15, 0.2) is 0 Å².